The Labute approximate surface area is 151 Å². The van der Waals surface area contributed by atoms with E-state index in [4.69, 9.17) is 0 Å². The Morgan fingerprint density at radius 1 is 0.500 bits per heavy atom. The topological polar surface area (TPSA) is 24.1 Å². The summed E-state index contributed by atoms with van der Waals surface area (Å²) in [6.45, 7) is 17.1. The highest BCUT2D eigenvalue weighted by Crippen LogP contribution is 2.11. The molecule has 0 aliphatic carbocycles. The molecule has 0 heterocycles. The molecule has 0 aliphatic heterocycles. The molecule has 0 saturated heterocycles. The summed E-state index contributed by atoms with van der Waals surface area (Å²) in [5.74, 6) is 0. The van der Waals surface area contributed by atoms with Crippen molar-refractivity contribution in [2.24, 2.45) is 0 Å². The van der Waals surface area contributed by atoms with Crippen LogP contribution < -0.4 is 10.6 Å². The zero-order valence-electron chi connectivity index (χ0n) is 15.9. The highest BCUT2D eigenvalue weighted by Gasteiger charge is 1.94. The summed E-state index contributed by atoms with van der Waals surface area (Å²) in [7, 11) is 0. The molecular formula is C22H40N2. The molecule has 0 rings (SSSR count). The van der Waals surface area contributed by atoms with Crippen molar-refractivity contribution in [2.75, 3.05) is 13.1 Å². The Hall–Kier alpha value is -1.44. The fourth-order valence-electron chi connectivity index (χ4n) is 2.66. The predicted molar refractivity (Wildman–Crippen MR) is 110 cm³/mol. The monoisotopic (exact) mass is 332 g/mol. The van der Waals surface area contributed by atoms with Gasteiger partial charge in [0, 0.05) is 24.5 Å². The second kappa shape index (κ2) is 17.9. The maximum atomic E-state index is 3.85. The summed E-state index contributed by atoms with van der Waals surface area (Å²) in [4.78, 5) is 0. The molecule has 0 fully saturated rings. The van der Waals surface area contributed by atoms with Crippen LogP contribution in [0.3, 0.4) is 0 Å². The largest absolute Gasteiger partial charge is 0.386 e. The van der Waals surface area contributed by atoms with Crippen molar-refractivity contribution >= 4 is 0 Å². The lowest BCUT2D eigenvalue weighted by Gasteiger charge is -2.06. The molecule has 0 bridgehead atoms. The van der Waals surface area contributed by atoms with Crippen molar-refractivity contribution in [3.8, 4) is 0 Å². The maximum absolute atomic E-state index is 3.85. The second-order valence-electron chi connectivity index (χ2n) is 6.55. The number of hydrogen-bond donors (Lipinski definition) is 2. The van der Waals surface area contributed by atoms with E-state index in [2.05, 4.69) is 36.9 Å². The van der Waals surface area contributed by atoms with Crippen molar-refractivity contribution in [1.82, 2.24) is 10.6 Å². The van der Waals surface area contributed by atoms with Crippen LogP contribution in [0.1, 0.15) is 77.0 Å². The Balaban J connectivity index is 3.07. The molecule has 2 nitrogen and oxygen atoms in total. The molecule has 0 amide bonds. The van der Waals surface area contributed by atoms with E-state index in [1.807, 2.05) is 0 Å². The lowest BCUT2D eigenvalue weighted by Crippen LogP contribution is -2.11. The number of nitrogens with one attached hydrogen (secondary N) is 2. The first-order valence-corrected chi connectivity index (χ1v) is 9.81. The van der Waals surface area contributed by atoms with E-state index in [1.165, 1.54) is 77.0 Å². The molecule has 0 radical (unpaired) electrons. The normalized spacial score (nSPS) is 10.2. The van der Waals surface area contributed by atoms with Gasteiger partial charge in [0.15, 0.2) is 0 Å². The van der Waals surface area contributed by atoms with E-state index in [0.717, 1.165) is 24.5 Å². The van der Waals surface area contributed by atoms with Gasteiger partial charge >= 0.3 is 0 Å². The van der Waals surface area contributed by atoms with Crippen LogP contribution in [-0.4, -0.2) is 13.1 Å². The van der Waals surface area contributed by atoms with Gasteiger partial charge in [-0.1, -0.05) is 90.5 Å². The first kappa shape index (κ1) is 22.6. The molecule has 0 aromatic rings. The van der Waals surface area contributed by atoms with Crippen molar-refractivity contribution < 1.29 is 0 Å². The fraction of sp³-hybridized carbons (Fsp3) is 0.636. The van der Waals surface area contributed by atoms with Gasteiger partial charge in [0.25, 0.3) is 0 Å². The van der Waals surface area contributed by atoms with Crippen LogP contribution in [0, 0.1) is 0 Å². The SMILES string of the molecule is C=CC(=C)NCCCCCCCCCCCCCCNC(=C)C=C. The molecule has 138 valence electrons. The highest BCUT2D eigenvalue weighted by atomic mass is 14.9. The third-order valence-electron chi connectivity index (χ3n) is 4.30. The molecule has 0 spiro atoms. The average Bonchev–Trinajstić information content (AvgIpc) is 2.60. The summed E-state index contributed by atoms with van der Waals surface area (Å²) in [5.41, 5.74) is 1.88. The van der Waals surface area contributed by atoms with E-state index in [9.17, 15) is 0 Å². The smallest absolute Gasteiger partial charge is 0.0261 e. The van der Waals surface area contributed by atoms with E-state index in [0.29, 0.717) is 0 Å². The number of hydrogen-bond acceptors (Lipinski definition) is 2. The Morgan fingerprint density at radius 3 is 1.00 bits per heavy atom. The minimum atomic E-state index is 0.938. The first-order chi connectivity index (χ1) is 11.7. The maximum Gasteiger partial charge on any atom is 0.0261 e. The van der Waals surface area contributed by atoms with Crippen LogP contribution in [0.2, 0.25) is 0 Å². The van der Waals surface area contributed by atoms with Crippen LogP contribution in [0.5, 0.6) is 0 Å². The molecule has 24 heavy (non-hydrogen) atoms. The van der Waals surface area contributed by atoms with Crippen LogP contribution in [0.4, 0.5) is 0 Å². The van der Waals surface area contributed by atoms with Crippen LogP contribution >= 0.6 is 0 Å². The van der Waals surface area contributed by atoms with Crippen molar-refractivity contribution in [3.63, 3.8) is 0 Å². The summed E-state index contributed by atoms with van der Waals surface area (Å²) in [5, 5.41) is 6.52. The highest BCUT2D eigenvalue weighted by molar-refractivity contribution is 5.08. The summed E-state index contributed by atoms with van der Waals surface area (Å²) in [6.07, 6.45) is 19.8. The molecule has 0 aromatic heterocycles. The quantitative estimate of drug-likeness (QED) is 0.216. The van der Waals surface area contributed by atoms with E-state index in [1.54, 1.807) is 12.2 Å². The summed E-state index contributed by atoms with van der Waals surface area (Å²) < 4.78 is 0. The minimum Gasteiger partial charge on any atom is -0.386 e. The number of allylic oxidation sites excluding steroid dienone is 2. The van der Waals surface area contributed by atoms with Crippen molar-refractivity contribution in [2.45, 2.75) is 77.0 Å². The lowest BCUT2D eigenvalue weighted by molar-refractivity contribution is 0.536. The summed E-state index contributed by atoms with van der Waals surface area (Å²) >= 11 is 0. The Kier molecular flexibility index (Phi) is 16.8. The first-order valence-electron chi connectivity index (χ1n) is 9.81. The zero-order valence-corrected chi connectivity index (χ0v) is 15.9. The lowest BCUT2D eigenvalue weighted by atomic mass is 10.1. The van der Waals surface area contributed by atoms with Gasteiger partial charge in [0.05, 0.1) is 0 Å². The van der Waals surface area contributed by atoms with Gasteiger partial charge in [-0.3, -0.25) is 0 Å². The fourth-order valence-corrected chi connectivity index (χ4v) is 2.66. The summed E-state index contributed by atoms with van der Waals surface area (Å²) in [6, 6.07) is 0. The number of unbranched alkanes of at least 4 members (excludes halogenated alkanes) is 11. The molecule has 0 aromatic carbocycles. The van der Waals surface area contributed by atoms with E-state index in [-0.39, 0.29) is 0 Å². The van der Waals surface area contributed by atoms with Crippen molar-refractivity contribution in [1.29, 1.82) is 0 Å². The molecule has 2 heteroatoms. The number of rotatable bonds is 19. The van der Waals surface area contributed by atoms with Gasteiger partial charge in [-0.15, -0.1) is 0 Å². The van der Waals surface area contributed by atoms with Gasteiger partial charge in [0.2, 0.25) is 0 Å². The van der Waals surface area contributed by atoms with Gasteiger partial charge < -0.3 is 10.6 Å². The van der Waals surface area contributed by atoms with Crippen LogP contribution in [0.25, 0.3) is 0 Å². The Bertz CT molecular complexity index is 310. The molecular weight excluding hydrogens is 292 g/mol. The predicted octanol–water partition coefficient (Wildman–Crippen LogP) is 6.25. The standard InChI is InChI=1S/C22H40N2/c1-5-21(3)23-19-17-15-13-11-9-7-8-10-12-14-16-18-20-24-22(4)6-2/h5-6,23-24H,1-4,7-20H2. The third kappa shape index (κ3) is 16.9. The zero-order chi connectivity index (χ0) is 17.9. The molecule has 0 atom stereocenters. The van der Waals surface area contributed by atoms with Crippen molar-refractivity contribution in [3.05, 3.63) is 49.9 Å². The third-order valence-corrected chi connectivity index (χ3v) is 4.30. The molecule has 0 unspecified atom stereocenters. The van der Waals surface area contributed by atoms with E-state index >= 15 is 0 Å². The minimum absolute atomic E-state index is 0.938. The van der Waals surface area contributed by atoms with Gasteiger partial charge in [0.1, 0.15) is 0 Å². The van der Waals surface area contributed by atoms with Gasteiger partial charge in [-0.25, -0.2) is 0 Å². The van der Waals surface area contributed by atoms with E-state index < -0.39 is 0 Å². The molecule has 2 N–H and O–H groups in total. The molecule has 0 saturated carbocycles. The second-order valence-corrected chi connectivity index (χ2v) is 6.55. The van der Waals surface area contributed by atoms with Crippen LogP contribution in [-0.2, 0) is 0 Å². The Morgan fingerprint density at radius 2 is 0.750 bits per heavy atom. The van der Waals surface area contributed by atoms with Gasteiger partial charge in [-0.2, -0.15) is 0 Å². The average molecular weight is 333 g/mol. The molecule has 0 aliphatic rings. The van der Waals surface area contributed by atoms with Gasteiger partial charge in [-0.05, 0) is 25.0 Å². The van der Waals surface area contributed by atoms with Crippen LogP contribution in [0.15, 0.2) is 49.9 Å².